The number of hydrogen-bond acceptors (Lipinski definition) is 3. The summed E-state index contributed by atoms with van der Waals surface area (Å²) in [6, 6.07) is 10.9. The van der Waals surface area contributed by atoms with Gasteiger partial charge in [0.2, 0.25) is 0 Å². The van der Waals surface area contributed by atoms with Crippen molar-refractivity contribution in [2.45, 2.75) is 26.7 Å². The maximum Gasteiger partial charge on any atom is 0.0648 e. The first-order valence-electron chi connectivity index (χ1n) is 8.15. The van der Waals surface area contributed by atoms with E-state index >= 15 is 0 Å². The number of hydrogen-bond donors (Lipinski definition) is 0. The summed E-state index contributed by atoms with van der Waals surface area (Å²) < 4.78 is 7.39. The van der Waals surface area contributed by atoms with Crippen molar-refractivity contribution in [1.29, 1.82) is 0 Å². The molecule has 4 nitrogen and oxygen atoms in total. The van der Waals surface area contributed by atoms with Gasteiger partial charge in [-0.15, -0.1) is 0 Å². The zero-order valence-electron chi connectivity index (χ0n) is 13.6. The van der Waals surface area contributed by atoms with Gasteiger partial charge in [0.05, 0.1) is 24.6 Å². The largest absolute Gasteiger partial charge is 0.379 e. The van der Waals surface area contributed by atoms with Crippen molar-refractivity contribution < 1.29 is 4.74 Å². The van der Waals surface area contributed by atoms with Gasteiger partial charge < -0.3 is 4.74 Å². The van der Waals surface area contributed by atoms with E-state index in [1.165, 1.54) is 24.2 Å². The van der Waals surface area contributed by atoms with Crippen LogP contribution in [0.25, 0.3) is 5.69 Å². The van der Waals surface area contributed by atoms with Crippen LogP contribution in [0.1, 0.15) is 23.4 Å². The normalized spacial score (nSPS) is 16.1. The van der Waals surface area contributed by atoms with Gasteiger partial charge in [-0.3, -0.25) is 4.90 Å². The Hall–Kier alpha value is -1.65. The number of benzene rings is 1. The number of nitrogens with zero attached hydrogens (tertiary/aromatic N) is 3. The van der Waals surface area contributed by atoms with Gasteiger partial charge in [-0.2, -0.15) is 5.10 Å². The van der Waals surface area contributed by atoms with Gasteiger partial charge in [-0.05, 0) is 57.0 Å². The molecule has 1 aromatic heterocycles. The third-order valence-electron chi connectivity index (χ3n) is 4.23. The summed E-state index contributed by atoms with van der Waals surface area (Å²) in [6.45, 7) is 9.23. The SMILES string of the molecule is Cc1cc(C)n(-c2ccc(CCCN3CCOCC3)cc2)n1. The first kappa shape index (κ1) is 15.3. The van der Waals surface area contributed by atoms with E-state index in [1.54, 1.807) is 0 Å². The van der Waals surface area contributed by atoms with Crippen molar-refractivity contribution >= 4 is 0 Å². The highest BCUT2D eigenvalue weighted by atomic mass is 16.5. The van der Waals surface area contributed by atoms with Crippen LogP contribution in [-0.2, 0) is 11.2 Å². The summed E-state index contributed by atoms with van der Waals surface area (Å²) in [4.78, 5) is 2.49. The van der Waals surface area contributed by atoms with Crippen LogP contribution in [0, 0.1) is 13.8 Å². The summed E-state index contributed by atoms with van der Waals surface area (Å²) in [5.74, 6) is 0. The molecule has 0 radical (unpaired) electrons. The van der Waals surface area contributed by atoms with Crippen molar-refractivity contribution in [1.82, 2.24) is 14.7 Å². The highest BCUT2D eigenvalue weighted by molar-refractivity contribution is 5.36. The molecule has 2 heterocycles. The summed E-state index contributed by atoms with van der Waals surface area (Å²) in [5, 5.41) is 4.53. The smallest absolute Gasteiger partial charge is 0.0648 e. The van der Waals surface area contributed by atoms with Crippen LogP contribution in [-0.4, -0.2) is 47.5 Å². The lowest BCUT2D eigenvalue weighted by Gasteiger charge is -2.26. The van der Waals surface area contributed by atoms with E-state index in [4.69, 9.17) is 4.74 Å². The topological polar surface area (TPSA) is 30.3 Å². The predicted octanol–water partition coefficient (Wildman–Crippen LogP) is 2.75. The lowest BCUT2D eigenvalue weighted by Crippen LogP contribution is -2.36. The Bertz CT molecular complexity index is 597. The third kappa shape index (κ3) is 3.76. The summed E-state index contributed by atoms with van der Waals surface area (Å²) >= 11 is 0. The standard InChI is InChI=1S/C18H25N3O/c1-15-14-16(2)21(19-15)18-7-5-17(6-8-18)4-3-9-20-10-12-22-13-11-20/h5-8,14H,3-4,9-13H2,1-2H3. The van der Waals surface area contributed by atoms with E-state index < -0.39 is 0 Å². The molecule has 3 rings (SSSR count). The summed E-state index contributed by atoms with van der Waals surface area (Å²) in [7, 11) is 0. The molecule has 118 valence electrons. The van der Waals surface area contributed by atoms with Gasteiger partial charge in [-0.1, -0.05) is 12.1 Å². The molecule has 0 N–H and O–H groups in total. The van der Waals surface area contributed by atoms with Gasteiger partial charge in [0.25, 0.3) is 0 Å². The Balaban J connectivity index is 1.54. The van der Waals surface area contributed by atoms with E-state index in [0.717, 1.165) is 44.1 Å². The molecule has 0 saturated carbocycles. The second-order valence-corrected chi connectivity index (χ2v) is 6.06. The molecule has 0 amide bonds. The highest BCUT2D eigenvalue weighted by Gasteiger charge is 2.09. The summed E-state index contributed by atoms with van der Waals surface area (Å²) in [5.41, 5.74) is 4.78. The number of aryl methyl sites for hydroxylation is 3. The maximum absolute atomic E-state index is 5.38. The molecule has 0 atom stereocenters. The molecule has 4 heteroatoms. The Morgan fingerprint density at radius 3 is 2.45 bits per heavy atom. The van der Waals surface area contributed by atoms with Crippen molar-refractivity contribution in [3.8, 4) is 5.69 Å². The van der Waals surface area contributed by atoms with E-state index in [9.17, 15) is 0 Å². The quantitative estimate of drug-likeness (QED) is 0.850. The fraction of sp³-hybridized carbons (Fsp3) is 0.500. The third-order valence-corrected chi connectivity index (χ3v) is 4.23. The lowest BCUT2D eigenvalue weighted by atomic mass is 10.1. The van der Waals surface area contributed by atoms with Crippen LogP contribution in [0.2, 0.25) is 0 Å². The van der Waals surface area contributed by atoms with Crippen LogP contribution in [0.5, 0.6) is 0 Å². The molecule has 0 unspecified atom stereocenters. The molecule has 0 aliphatic carbocycles. The monoisotopic (exact) mass is 299 g/mol. The van der Waals surface area contributed by atoms with Crippen LogP contribution in [0.15, 0.2) is 30.3 Å². The van der Waals surface area contributed by atoms with Crippen LogP contribution >= 0.6 is 0 Å². The Kier molecular flexibility index (Phi) is 4.90. The Morgan fingerprint density at radius 1 is 1.09 bits per heavy atom. The lowest BCUT2D eigenvalue weighted by molar-refractivity contribution is 0.0375. The molecule has 1 aromatic carbocycles. The second kappa shape index (κ2) is 7.07. The van der Waals surface area contributed by atoms with E-state index in [-0.39, 0.29) is 0 Å². The molecular weight excluding hydrogens is 274 g/mol. The molecule has 1 aliphatic heterocycles. The predicted molar refractivity (Wildman–Crippen MR) is 88.6 cm³/mol. The molecule has 2 aromatic rings. The minimum Gasteiger partial charge on any atom is -0.379 e. The zero-order valence-corrected chi connectivity index (χ0v) is 13.6. The minimum atomic E-state index is 0.886. The van der Waals surface area contributed by atoms with Crippen molar-refractivity contribution in [2.75, 3.05) is 32.8 Å². The fourth-order valence-electron chi connectivity index (χ4n) is 3.03. The fourth-order valence-corrected chi connectivity index (χ4v) is 3.03. The Morgan fingerprint density at radius 2 is 1.82 bits per heavy atom. The van der Waals surface area contributed by atoms with Crippen molar-refractivity contribution in [3.05, 3.63) is 47.3 Å². The number of rotatable bonds is 5. The van der Waals surface area contributed by atoms with Crippen LogP contribution < -0.4 is 0 Å². The number of aromatic nitrogens is 2. The van der Waals surface area contributed by atoms with E-state index in [1.807, 2.05) is 11.6 Å². The van der Waals surface area contributed by atoms with Gasteiger partial charge >= 0.3 is 0 Å². The van der Waals surface area contributed by atoms with Crippen LogP contribution in [0.3, 0.4) is 0 Å². The molecule has 0 spiro atoms. The van der Waals surface area contributed by atoms with E-state index in [2.05, 4.69) is 47.3 Å². The average molecular weight is 299 g/mol. The average Bonchev–Trinajstić information content (AvgIpc) is 2.88. The molecule has 1 aliphatic rings. The first-order chi connectivity index (χ1) is 10.7. The van der Waals surface area contributed by atoms with Gasteiger partial charge in [-0.25, -0.2) is 4.68 Å². The molecule has 1 saturated heterocycles. The van der Waals surface area contributed by atoms with Crippen molar-refractivity contribution in [3.63, 3.8) is 0 Å². The van der Waals surface area contributed by atoms with E-state index in [0.29, 0.717) is 0 Å². The molecule has 1 fully saturated rings. The van der Waals surface area contributed by atoms with Gasteiger partial charge in [0, 0.05) is 18.8 Å². The minimum absolute atomic E-state index is 0.886. The second-order valence-electron chi connectivity index (χ2n) is 6.06. The first-order valence-corrected chi connectivity index (χ1v) is 8.15. The van der Waals surface area contributed by atoms with Crippen molar-refractivity contribution in [2.24, 2.45) is 0 Å². The van der Waals surface area contributed by atoms with Crippen LogP contribution in [0.4, 0.5) is 0 Å². The summed E-state index contributed by atoms with van der Waals surface area (Å²) in [6.07, 6.45) is 2.34. The van der Waals surface area contributed by atoms with Gasteiger partial charge in [0.15, 0.2) is 0 Å². The zero-order chi connectivity index (χ0) is 15.4. The highest BCUT2D eigenvalue weighted by Crippen LogP contribution is 2.14. The Labute approximate surface area is 132 Å². The maximum atomic E-state index is 5.38. The molecule has 0 bridgehead atoms. The molecular formula is C18H25N3O. The number of morpholine rings is 1. The number of ether oxygens (including phenoxy) is 1. The van der Waals surface area contributed by atoms with Gasteiger partial charge in [0.1, 0.15) is 0 Å². The molecule has 22 heavy (non-hydrogen) atoms.